The summed E-state index contributed by atoms with van der Waals surface area (Å²) in [6.07, 6.45) is 1.52. The van der Waals surface area contributed by atoms with E-state index in [9.17, 15) is 0 Å². The van der Waals surface area contributed by atoms with Gasteiger partial charge in [-0.3, -0.25) is 0 Å². The molecule has 0 aliphatic rings. The summed E-state index contributed by atoms with van der Waals surface area (Å²) in [5, 5.41) is 0. The second-order valence-corrected chi connectivity index (χ2v) is 3.70. The van der Waals surface area contributed by atoms with Crippen molar-refractivity contribution in [2.24, 2.45) is 0 Å². The van der Waals surface area contributed by atoms with Crippen molar-refractivity contribution >= 4 is 5.82 Å². The molecular weight excluding hydrogens is 188 g/mol. The average Bonchev–Trinajstić information content (AvgIpc) is 2.52. The highest BCUT2D eigenvalue weighted by atomic mass is 15.3. The number of aromatic nitrogens is 2. The molecule has 0 fully saturated rings. The molecule has 1 aromatic heterocycles. The lowest BCUT2D eigenvalue weighted by Crippen LogP contribution is -2.10. The fraction of sp³-hybridized carbons (Fsp3) is 0.182. The minimum Gasteiger partial charge on any atom is -0.382 e. The standard InChI is InChI=1S/C11H14N4/c1-7-3-4-8(2)9(5-7)10-11(12)15(13)6-14-10/h3-6H,12-13H2,1-2H3. The molecule has 0 atom stereocenters. The van der Waals surface area contributed by atoms with Crippen molar-refractivity contribution in [2.75, 3.05) is 11.6 Å². The van der Waals surface area contributed by atoms with E-state index < -0.39 is 0 Å². The minimum atomic E-state index is 0.490. The molecule has 0 aliphatic carbocycles. The molecule has 4 heteroatoms. The van der Waals surface area contributed by atoms with Crippen molar-refractivity contribution in [2.45, 2.75) is 13.8 Å². The summed E-state index contributed by atoms with van der Waals surface area (Å²) in [5.41, 5.74) is 9.94. The summed E-state index contributed by atoms with van der Waals surface area (Å²) in [6.45, 7) is 4.07. The largest absolute Gasteiger partial charge is 0.382 e. The van der Waals surface area contributed by atoms with Gasteiger partial charge in [-0.1, -0.05) is 17.7 Å². The van der Waals surface area contributed by atoms with Crippen molar-refractivity contribution in [1.29, 1.82) is 0 Å². The molecule has 0 unspecified atom stereocenters. The molecule has 4 N–H and O–H groups in total. The zero-order chi connectivity index (χ0) is 11.0. The molecule has 0 spiro atoms. The Morgan fingerprint density at radius 3 is 2.60 bits per heavy atom. The number of aryl methyl sites for hydroxylation is 2. The van der Waals surface area contributed by atoms with E-state index in [4.69, 9.17) is 11.6 Å². The molecule has 0 amide bonds. The molecule has 0 saturated carbocycles. The van der Waals surface area contributed by atoms with E-state index in [2.05, 4.69) is 23.2 Å². The van der Waals surface area contributed by atoms with Crippen LogP contribution in [0.3, 0.4) is 0 Å². The van der Waals surface area contributed by atoms with Crippen LogP contribution in [-0.4, -0.2) is 9.66 Å². The van der Waals surface area contributed by atoms with Gasteiger partial charge in [0.05, 0.1) is 0 Å². The van der Waals surface area contributed by atoms with Gasteiger partial charge >= 0.3 is 0 Å². The molecule has 2 aromatic rings. The molecule has 15 heavy (non-hydrogen) atoms. The highest BCUT2D eigenvalue weighted by molar-refractivity contribution is 5.73. The first-order valence-corrected chi connectivity index (χ1v) is 4.75. The van der Waals surface area contributed by atoms with Crippen LogP contribution < -0.4 is 11.6 Å². The number of nitrogens with zero attached hydrogens (tertiary/aromatic N) is 2. The van der Waals surface area contributed by atoms with Gasteiger partial charge in [0.1, 0.15) is 12.0 Å². The van der Waals surface area contributed by atoms with E-state index >= 15 is 0 Å². The lowest BCUT2D eigenvalue weighted by atomic mass is 10.0. The van der Waals surface area contributed by atoms with Gasteiger partial charge in [0.15, 0.2) is 5.82 Å². The summed E-state index contributed by atoms with van der Waals surface area (Å²) in [6, 6.07) is 6.18. The van der Waals surface area contributed by atoms with Crippen molar-refractivity contribution < 1.29 is 0 Å². The van der Waals surface area contributed by atoms with Crippen LogP contribution in [0.2, 0.25) is 0 Å². The summed E-state index contributed by atoms with van der Waals surface area (Å²) in [7, 11) is 0. The number of hydrogen-bond acceptors (Lipinski definition) is 3. The third-order valence-electron chi connectivity index (χ3n) is 2.48. The second-order valence-electron chi connectivity index (χ2n) is 3.70. The Morgan fingerprint density at radius 2 is 2.00 bits per heavy atom. The first-order valence-electron chi connectivity index (χ1n) is 4.75. The molecule has 0 saturated heterocycles. The number of nitrogens with two attached hydrogens (primary N) is 2. The van der Waals surface area contributed by atoms with Crippen LogP contribution in [-0.2, 0) is 0 Å². The SMILES string of the molecule is Cc1ccc(C)c(-c2ncn(N)c2N)c1. The fourth-order valence-corrected chi connectivity index (χ4v) is 1.57. The lowest BCUT2D eigenvalue weighted by Gasteiger charge is -2.05. The first-order chi connectivity index (χ1) is 7.09. The van der Waals surface area contributed by atoms with E-state index in [1.54, 1.807) is 0 Å². The summed E-state index contributed by atoms with van der Waals surface area (Å²) < 4.78 is 1.33. The fourth-order valence-electron chi connectivity index (χ4n) is 1.57. The van der Waals surface area contributed by atoms with Gasteiger partial charge in [0.25, 0.3) is 0 Å². The van der Waals surface area contributed by atoms with E-state index in [-0.39, 0.29) is 0 Å². The molecule has 78 valence electrons. The Labute approximate surface area is 88.5 Å². The van der Waals surface area contributed by atoms with Crippen molar-refractivity contribution in [3.63, 3.8) is 0 Å². The molecule has 1 aromatic carbocycles. The number of nitrogen functional groups attached to an aromatic ring is 2. The van der Waals surface area contributed by atoms with E-state index in [0.717, 1.165) is 16.8 Å². The van der Waals surface area contributed by atoms with Crippen LogP contribution in [0, 0.1) is 13.8 Å². The Hall–Kier alpha value is -1.97. The normalized spacial score (nSPS) is 10.5. The lowest BCUT2D eigenvalue weighted by molar-refractivity contribution is 1.01. The monoisotopic (exact) mass is 202 g/mol. The van der Waals surface area contributed by atoms with Crippen molar-refractivity contribution in [3.05, 3.63) is 35.7 Å². The van der Waals surface area contributed by atoms with Gasteiger partial charge in [0, 0.05) is 5.56 Å². The van der Waals surface area contributed by atoms with Crippen LogP contribution in [0.25, 0.3) is 11.3 Å². The number of hydrogen-bond donors (Lipinski definition) is 2. The number of rotatable bonds is 1. The molecule has 0 bridgehead atoms. The number of benzene rings is 1. The Kier molecular flexibility index (Phi) is 2.11. The second kappa shape index (κ2) is 3.31. The van der Waals surface area contributed by atoms with E-state index in [0.29, 0.717) is 5.82 Å². The molecule has 0 radical (unpaired) electrons. The maximum atomic E-state index is 5.83. The predicted octanol–water partition coefficient (Wildman–Crippen LogP) is 1.46. The molecule has 0 aliphatic heterocycles. The third kappa shape index (κ3) is 1.54. The van der Waals surface area contributed by atoms with E-state index in [1.807, 2.05) is 13.8 Å². The zero-order valence-corrected chi connectivity index (χ0v) is 8.86. The summed E-state index contributed by atoms with van der Waals surface area (Å²) >= 11 is 0. The third-order valence-corrected chi connectivity index (χ3v) is 2.48. The van der Waals surface area contributed by atoms with Gasteiger partial charge in [0.2, 0.25) is 0 Å². The van der Waals surface area contributed by atoms with Crippen molar-refractivity contribution in [3.8, 4) is 11.3 Å². The quantitative estimate of drug-likeness (QED) is 0.688. The topological polar surface area (TPSA) is 69.9 Å². The molecule has 4 nitrogen and oxygen atoms in total. The maximum absolute atomic E-state index is 5.83. The Bertz CT molecular complexity index is 499. The van der Waals surface area contributed by atoms with Gasteiger partial charge in [-0.05, 0) is 25.5 Å². The highest BCUT2D eigenvalue weighted by Crippen LogP contribution is 2.26. The Balaban J connectivity index is 2.63. The van der Waals surface area contributed by atoms with Gasteiger partial charge in [-0.25, -0.2) is 9.66 Å². The zero-order valence-electron chi connectivity index (χ0n) is 8.86. The van der Waals surface area contributed by atoms with Gasteiger partial charge in [-0.2, -0.15) is 0 Å². The summed E-state index contributed by atoms with van der Waals surface area (Å²) in [5.74, 6) is 6.08. The van der Waals surface area contributed by atoms with Gasteiger partial charge in [-0.15, -0.1) is 0 Å². The predicted molar refractivity (Wildman–Crippen MR) is 61.7 cm³/mol. The van der Waals surface area contributed by atoms with Crippen LogP contribution >= 0.6 is 0 Å². The van der Waals surface area contributed by atoms with Crippen LogP contribution in [0.5, 0.6) is 0 Å². The van der Waals surface area contributed by atoms with Crippen LogP contribution in [0.4, 0.5) is 5.82 Å². The summed E-state index contributed by atoms with van der Waals surface area (Å²) in [4.78, 5) is 4.20. The Morgan fingerprint density at radius 1 is 1.27 bits per heavy atom. The molecule has 1 heterocycles. The number of imidazole rings is 1. The maximum Gasteiger partial charge on any atom is 0.150 e. The highest BCUT2D eigenvalue weighted by Gasteiger charge is 2.10. The number of anilines is 1. The van der Waals surface area contributed by atoms with Gasteiger partial charge < -0.3 is 11.6 Å². The van der Waals surface area contributed by atoms with Crippen LogP contribution in [0.1, 0.15) is 11.1 Å². The van der Waals surface area contributed by atoms with Crippen LogP contribution in [0.15, 0.2) is 24.5 Å². The molecule has 2 rings (SSSR count). The molecular formula is C11H14N4. The minimum absolute atomic E-state index is 0.490. The average molecular weight is 202 g/mol. The van der Waals surface area contributed by atoms with E-state index in [1.165, 1.54) is 16.6 Å². The van der Waals surface area contributed by atoms with Crippen molar-refractivity contribution in [1.82, 2.24) is 9.66 Å². The smallest absolute Gasteiger partial charge is 0.150 e. The first kappa shape index (κ1) is 9.58.